The number of nitrogens with one attached hydrogen (secondary N) is 1. The summed E-state index contributed by atoms with van der Waals surface area (Å²) in [4.78, 5) is 0. The molecule has 2 aromatic carbocycles. The standard InChI is InChI=1S/C16H16ClNO2/c1-20-16-9-10(5-7-13(16)17)18-14-8-6-12-11(14)3-2-4-15(12)19/h2-5,7,9,14,18-19H,6,8H2,1H3. The second kappa shape index (κ2) is 5.25. The lowest BCUT2D eigenvalue weighted by Gasteiger charge is -2.16. The van der Waals surface area contributed by atoms with Gasteiger partial charge in [-0.3, -0.25) is 0 Å². The zero-order valence-corrected chi connectivity index (χ0v) is 11.9. The predicted molar refractivity (Wildman–Crippen MR) is 80.8 cm³/mol. The molecule has 1 aliphatic rings. The minimum atomic E-state index is 0.211. The molecule has 2 N–H and O–H groups in total. The molecule has 3 rings (SSSR count). The Labute approximate surface area is 123 Å². The van der Waals surface area contributed by atoms with Crippen molar-refractivity contribution >= 4 is 17.3 Å². The summed E-state index contributed by atoms with van der Waals surface area (Å²) in [6, 6.07) is 11.6. The van der Waals surface area contributed by atoms with Crippen molar-refractivity contribution in [3.63, 3.8) is 0 Å². The predicted octanol–water partition coefficient (Wildman–Crippen LogP) is 4.15. The molecule has 0 amide bonds. The Morgan fingerprint density at radius 2 is 2.15 bits per heavy atom. The molecule has 1 atom stereocenters. The number of phenols is 1. The highest BCUT2D eigenvalue weighted by Gasteiger charge is 2.24. The summed E-state index contributed by atoms with van der Waals surface area (Å²) < 4.78 is 5.23. The average molecular weight is 290 g/mol. The van der Waals surface area contributed by atoms with E-state index in [2.05, 4.69) is 11.4 Å². The van der Waals surface area contributed by atoms with Gasteiger partial charge in [0.25, 0.3) is 0 Å². The number of fused-ring (bicyclic) bond motifs is 1. The number of hydrogen-bond donors (Lipinski definition) is 2. The van der Waals surface area contributed by atoms with E-state index in [-0.39, 0.29) is 6.04 Å². The first-order chi connectivity index (χ1) is 9.69. The van der Waals surface area contributed by atoms with Crippen LogP contribution in [0.3, 0.4) is 0 Å². The molecule has 4 heteroatoms. The van der Waals surface area contributed by atoms with Crippen LogP contribution in [-0.2, 0) is 6.42 Å². The minimum absolute atomic E-state index is 0.211. The van der Waals surface area contributed by atoms with Crippen LogP contribution in [0, 0.1) is 0 Å². The lowest BCUT2D eigenvalue weighted by molar-refractivity contribution is 0.415. The van der Waals surface area contributed by atoms with E-state index in [1.165, 1.54) is 5.56 Å². The number of phenolic OH excluding ortho intramolecular Hbond substituents is 1. The van der Waals surface area contributed by atoms with Gasteiger partial charge in [0.05, 0.1) is 18.2 Å². The van der Waals surface area contributed by atoms with Crippen molar-refractivity contribution in [1.29, 1.82) is 0 Å². The summed E-state index contributed by atoms with van der Waals surface area (Å²) in [5.41, 5.74) is 3.18. The van der Waals surface area contributed by atoms with Gasteiger partial charge in [0.15, 0.2) is 0 Å². The Morgan fingerprint density at radius 1 is 1.30 bits per heavy atom. The lowest BCUT2D eigenvalue weighted by Crippen LogP contribution is -2.07. The van der Waals surface area contributed by atoms with E-state index in [0.717, 1.165) is 24.1 Å². The van der Waals surface area contributed by atoms with Gasteiger partial charge in [-0.15, -0.1) is 0 Å². The van der Waals surface area contributed by atoms with Gasteiger partial charge in [0.2, 0.25) is 0 Å². The van der Waals surface area contributed by atoms with Gasteiger partial charge < -0.3 is 15.2 Å². The maximum Gasteiger partial charge on any atom is 0.139 e. The Hall–Kier alpha value is -1.87. The van der Waals surface area contributed by atoms with Crippen molar-refractivity contribution in [1.82, 2.24) is 0 Å². The van der Waals surface area contributed by atoms with Crippen LogP contribution in [0.25, 0.3) is 0 Å². The Morgan fingerprint density at radius 3 is 2.95 bits per heavy atom. The minimum Gasteiger partial charge on any atom is -0.508 e. The van der Waals surface area contributed by atoms with Gasteiger partial charge in [-0.2, -0.15) is 0 Å². The highest BCUT2D eigenvalue weighted by Crippen LogP contribution is 2.39. The molecule has 2 aromatic rings. The third kappa shape index (κ3) is 2.29. The fourth-order valence-electron chi connectivity index (χ4n) is 2.74. The second-order valence-corrected chi connectivity index (χ2v) is 5.34. The van der Waals surface area contributed by atoms with E-state index in [1.807, 2.05) is 24.3 Å². The van der Waals surface area contributed by atoms with Crippen molar-refractivity contribution in [2.75, 3.05) is 12.4 Å². The number of benzene rings is 2. The maximum atomic E-state index is 9.87. The molecule has 104 valence electrons. The van der Waals surface area contributed by atoms with Crippen LogP contribution in [0.2, 0.25) is 5.02 Å². The first-order valence-electron chi connectivity index (χ1n) is 6.60. The monoisotopic (exact) mass is 289 g/mol. The molecule has 20 heavy (non-hydrogen) atoms. The number of anilines is 1. The number of methoxy groups -OCH3 is 1. The van der Waals surface area contributed by atoms with E-state index in [4.69, 9.17) is 16.3 Å². The third-order valence-electron chi connectivity index (χ3n) is 3.74. The summed E-state index contributed by atoms with van der Waals surface area (Å²) in [6.07, 6.45) is 1.86. The number of halogens is 1. The molecule has 0 aromatic heterocycles. The van der Waals surface area contributed by atoms with E-state index in [9.17, 15) is 5.11 Å². The van der Waals surface area contributed by atoms with Crippen LogP contribution < -0.4 is 10.1 Å². The molecule has 0 aliphatic heterocycles. The molecule has 0 bridgehead atoms. The number of rotatable bonds is 3. The van der Waals surface area contributed by atoms with Crippen LogP contribution in [0.4, 0.5) is 5.69 Å². The quantitative estimate of drug-likeness (QED) is 0.892. The smallest absolute Gasteiger partial charge is 0.139 e. The van der Waals surface area contributed by atoms with E-state index in [1.54, 1.807) is 13.2 Å². The zero-order valence-electron chi connectivity index (χ0n) is 11.2. The second-order valence-electron chi connectivity index (χ2n) is 4.93. The first-order valence-corrected chi connectivity index (χ1v) is 6.97. The summed E-state index contributed by atoms with van der Waals surface area (Å²) in [7, 11) is 1.61. The van der Waals surface area contributed by atoms with Crippen LogP contribution in [0.15, 0.2) is 36.4 Å². The molecule has 0 fully saturated rings. The van der Waals surface area contributed by atoms with E-state index >= 15 is 0 Å². The molecular weight excluding hydrogens is 274 g/mol. The molecular formula is C16H16ClNO2. The van der Waals surface area contributed by atoms with Gasteiger partial charge in [-0.05, 0) is 42.2 Å². The number of aromatic hydroxyl groups is 1. The van der Waals surface area contributed by atoms with Crippen molar-refractivity contribution < 1.29 is 9.84 Å². The van der Waals surface area contributed by atoms with Gasteiger partial charge in [-0.25, -0.2) is 0 Å². The largest absolute Gasteiger partial charge is 0.508 e. The maximum absolute atomic E-state index is 9.87. The van der Waals surface area contributed by atoms with E-state index in [0.29, 0.717) is 16.5 Å². The Balaban J connectivity index is 1.86. The molecule has 3 nitrogen and oxygen atoms in total. The summed E-state index contributed by atoms with van der Waals surface area (Å²) in [6.45, 7) is 0. The van der Waals surface area contributed by atoms with Crippen molar-refractivity contribution in [3.8, 4) is 11.5 Å². The molecule has 0 radical (unpaired) electrons. The van der Waals surface area contributed by atoms with Crippen LogP contribution in [0.5, 0.6) is 11.5 Å². The third-order valence-corrected chi connectivity index (χ3v) is 4.05. The normalized spacial score (nSPS) is 16.8. The molecule has 0 heterocycles. The van der Waals surface area contributed by atoms with Crippen molar-refractivity contribution in [2.24, 2.45) is 0 Å². The molecule has 0 saturated heterocycles. The topological polar surface area (TPSA) is 41.5 Å². The highest BCUT2D eigenvalue weighted by molar-refractivity contribution is 6.32. The van der Waals surface area contributed by atoms with Crippen molar-refractivity contribution in [2.45, 2.75) is 18.9 Å². The molecule has 1 unspecified atom stereocenters. The molecule has 1 aliphatic carbocycles. The summed E-state index contributed by atoms with van der Waals surface area (Å²) in [5.74, 6) is 1.05. The summed E-state index contributed by atoms with van der Waals surface area (Å²) in [5, 5.41) is 13.9. The van der Waals surface area contributed by atoms with Gasteiger partial charge in [-0.1, -0.05) is 23.7 Å². The first kappa shape index (κ1) is 13.1. The van der Waals surface area contributed by atoms with E-state index < -0.39 is 0 Å². The molecule has 0 spiro atoms. The zero-order chi connectivity index (χ0) is 14.1. The van der Waals surface area contributed by atoms with Crippen LogP contribution in [-0.4, -0.2) is 12.2 Å². The Kier molecular flexibility index (Phi) is 3.45. The van der Waals surface area contributed by atoms with Gasteiger partial charge in [0.1, 0.15) is 11.5 Å². The Bertz CT molecular complexity index is 642. The average Bonchev–Trinajstić information content (AvgIpc) is 2.86. The highest BCUT2D eigenvalue weighted by atomic mass is 35.5. The van der Waals surface area contributed by atoms with Crippen LogP contribution >= 0.6 is 11.6 Å². The fraction of sp³-hybridized carbons (Fsp3) is 0.250. The lowest BCUT2D eigenvalue weighted by atomic mass is 10.1. The van der Waals surface area contributed by atoms with Crippen LogP contribution in [0.1, 0.15) is 23.6 Å². The summed E-state index contributed by atoms with van der Waals surface area (Å²) >= 11 is 6.03. The number of ether oxygens (including phenoxy) is 1. The van der Waals surface area contributed by atoms with Gasteiger partial charge in [0, 0.05) is 11.8 Å². The number of hydrogen-bond acceptors (Lipinski definition) is 3. The van der Waals surface area contributed by atoms with Crippen molar-refractivity contribution in [3.05, 3.63) is 52.5 Å². The fourth-order valence-corrected chi connectivity index (χ4v) is 2.93. The molecule has 0 saturated carbocycles. The SMILES string of the molecule is COc1cc(NC2CCc3c(O)cccc32)ccc1Cl. The van der Waals surface area contributed by atoms with Gasteiger partial charge >= 0.3 is 0 Å².